The van der Waals surface area contributed by atoms with Crippen molar-refractivity contribution in [3.05, 3.63) is 48.7 Å². The lowest BCUT2D eigenvalue weighted by Crippen LogP contribution is -2.61. The second kappa shape index (κ2) is 15.5. The summed E-state index contributed by atoms with van der Waals surface area (Å²) in [4.78, 5) is 32.0. The summed E-state index contributed by atoms with van der Waals surface area (Å²) in [6.45, 7) is 10.4. The molecular formula is C33H50N4O10S. The number of urea groups is 1. The Balaban J connectivity index is 1.94. The summed E-state index contributed by atoms with van der Waals surface area (Å²) in [6.07, 6.45) is -4.25. The Morgan fingerprint density at radius 1 is 1.02 bits per heavy atom. The summed E-state index contributed by atoms with van der Waals surface area (Å²) in [5.41, 5.74) is -3.58. The molecule has 1 aliphatic rings. The molecule has 1 aromatic carbocycles. The largest absolute Gasteiger partial charge is 0.459 e. The molecule has 0 aliphatic carbocycles. The summed E-state index contributed by atoms with van der Waals surface area (Å²) in [5.74, 6) is -3.32. The van der Waals surface area contributed by atoms with Crippen molar-refractivity contribution in [2.45, 2.75) is 108 Å². The SMILES string of the molecule is CC[C@H]1OC(=O)[C@H](C)[C@@H](O)[C@H](C)[C@@H](O)[C@@](C)(O)C[C@@H](C)CN(C(=O)Nc2ccc(S(=O)(=O)Nc3ccccn3)cc2)[C@H](C)[C@@H](O)[C@]1(C)O. The molecule has 10 atom stereocenters. The molecular weight excluding hydrogens is 644 g/mol. The summed E-state index contributed by atoms with van der Waals surface area (Å²) < 4.78 is 33.6. The number of hydrogen-bond acceptors (Lipinski definition) is 11. The predicted molar refractivity (Wildman–Crippen MR) is 178 cm³/mol. The van der Waals surface area contributed by atoms with Crippen LogP contribution in [0.5, 0.6) is 0 Å². The van der Waals surface area contributed by atoms with Crippen LogP contribution in [-0.2, 0) is 19.6 Å². The van der Waals surface area contributed by atoms with Crippen molar-refractivity contribution in [2.75, 3.05) is 16.6 Å². The third-order valence-corrected chi connectivity index (χ3v) is 10.6. The summed E-state index contributed by atoms with van der Waals surface area (Å²) >= 11 is 0. The lowest BCUT2D eigenvalue weighted by molar-refractivity contribution is -0.192. The number of benzene rings is 1. The Morgan fingerprint density at radius 2 is 1.65 bits per heavy atom. The van der Waals surface area contributed by atoms with Gasteiger partial charge in [0.2, 0.25) is 0 Å². The second-order valence-electron chi connectivity index (χ2n) is 13.4. The van der Waals surface area contributed by atoms with Gasteiger partial charge >= 0.3 is 12.0 Å². The summed E-state index contributed by atoms with van der Waals surface area (Å²) in [6, 6.07) is 8.36. The number of nitrogens with one attached hydrogen (secondary N) is 2. The summed E-state index contributed by atoms with van der Waals surface area (Å²) in [7, 11) is -3.98. The minimum Gasteiger partial charge on any atom is -0.459 e. The van der Waals surface area contributed by atoms with Crippen molar-refractivity contribution in [3.63, 3.8) is 0 Å². The molecule has 15 heteroatoms. The van der Waals surface area contributed by atoms with Gasteiger partial charge in [-0.1, -0.05) is 26.8 Å². The van der Waals surface area contributed by atoms with E-state index in [9.17, 15) is 43.5 Å². The third kappa shape index (κ3) is 9.01. The van der Waals surface area contributed by atoms with Crippen molar-refractivity contribution in [3.8, 4) is 0 Å². The number of carbonyl (C=O) groups excluding carboxylic acids is 2. The molecule has 7 N–H and O–H groups in total. The molecule has 48 heavy (non-hydrogen) atoms. The highest BCUT2D eigenvalue weighted by Gasteiger charge is 2.48. The molecule has 0 bridgehead atoms. The molecule has 2 aromatic rings. The number of ether oxygens (including phenoxy) is 1. The zero-order valence-corrected chi connectivity index (χ0v) is 29.3. The van der Waals surface area contributed by atoms with E-state index in [1.165, 1.54) is 76.0 Å². The Hall–Kier alpha value is -3.34. The number of hydrogen-bond donors (Lipinski definition) is 7. The molecule has 14 nitrogen and oxygen atoms in total. The number of aliphatic hydroxyl groups excluding tert-OH is 3. The number of aromatic nitrogens is 1. The maximum atomic E-state index is 13.8. The van der Waals surface area contributed by atoms with Crippen molar-refractivity contribution < 1.29 is 48.3 Å². The Bertz CT molecular complexity index is 1490. The number of carbonyl (C=O) groups is 2. The second-order valence-corrected chi connectivity index (χ2v) is 15.1. The highest BCUT2D eigenvalue weighted by Crippen LogP contribution is 2.33. The molecule has 0 saturated carbocycles. The molecule has 2 heterocycles. The normalized spacial score (nSPS) is 34.3. The predicted octanol–water partition coefficient (Wildman–Crippen LogP) is 2.32. The van der Waals surface area contributed by atoms with Crippen molar-refractivity contribution in [1.29, 1.82) is 0 Å². The molecule has 268 valence electrons. The first-order valence-corrected chi connectivity index (χ1v) is 17.5. The standard InChI is InChI=1S/C33H50N4O10S/c1-8-25-33(7,44)29(40)22(5)37(18-19(2)17-32(6,43)28(39)20(3)27(38)21(4)30(41)47-25)31(42)35-23-12-14-24(15-13-23)48(45,46)36-26-11-9-10-16-34-26/h9-16,19-22,25,27-29,38-40,43-44H,8,17-18H2,1-7H3,(H,34,36)(H,35,42)/t19-,20+,21-,22-,25-,27+,28-,29-,32+,33-/m1/s1. The molecule has 0 radical (unpaired) electrons. The zero-order chi connectivity index (χ0) is 36.2. The lowest BCUT2D eigenvalue weighted by Gasteiger charge is -2.43. The molecule has 3 rings (SSSR count). The van der Waals surface area contributed by atoms with Crippen LogP contribution < -0.4 is 10.0 Å². The first kappa shape index (κ1) is 39.1. The van der Waals surface area contributed by atoms with Crippen LogP contribution in [0.25, 0.3) is 0 Å². The maximum Gasteiger partial charge on any atom is 0.322 e. The van der Waals surface area contributed by atoms with E-state index >= 15 is 0 Å². The molecule has 1 saturated heterocycles. The van der Waals surface area contributed by atoms with Gasteiger partial charge < -0.3 is 40.5 Å². The van der Waals surface area contributed by atoms with Gasteiger partial charge in [0.15, 0.2) is 0 Å². The number of pyridine rings is 1. The smallest absolute Gasteiger partial charge is 0.322 e. The average Bonchev–Trinajstić information content (AvgIpc) is 3.03. The van der Waals surface area contributed by atoms with Crippen molar-refractivity contribution in [1.82, 2.24) is 9.88 Å². The van der Waals surface area contributed by atoms with Gasteiger partial charge in [-0.2, -0.15) is 0 Å². The van der Waals surface area contributed by atoms with E-state index in [1.54, 1.807) is 26.0 Å². The van der Waals surface area contributed by atoms with E-state index in [4.69, 9.17) is 4.74 Å². The van der Waals surface area contributed by atoms with E-state index in [2.05, 4.69) is 15.0 Å². The monoisotopic (exact) mass is 694 g/mol. The lowest BCUT2D eigenvalue weighted by atomic mass is 9.78. The quantitative estimate of drug-likeness (QED) is 0.225. The van der Waals surface area contributed by atoms with Crippen LogP contribution in [0.1, 0.15) is 61.3 Å². The van der Waals surface area contributed by atoms with Gasteiger partial charge in [0.25, 0.3) is 10.0 Å². The van der Waals surface area contributed by atoms with Gasteiger partial charge in [0, 0.05) is 24.3 Å². The van der Waals surface area contributed by atoms with E-state index in [0.717, 1.165) is 0 Å². The van der Waals surface area contributed by atoms with Crippen LogP contribution in [0.15, 0.2) is 53.6 Å². The first-order valence-electron chi connectivity index (χ1n) is 16.0. The van der Waals surface area contributed by atoms with E-state index < -0.39 is 81.4 Å². The Morgan fingerprint density at radius 3 is 2.21 bits per heavy atom. The fourth-order valence-electron chi connectivity index (χ4n) is 6.25. The minimum absolute atomic E-state index is 0.0412. The van der Waals surface area contributed by atoms with E-state index in [-0.39, 0.29) is 35.8 Å². The van der Waals surface area contributed by atoms with Crippen LogP contribution in [-0.4, -0.2) is 104 Å². The number of anilines is 2. The van der Waals surface area contributed by atoms with Crippen LogP contribution in [0.2, 0.25) is 0 Å². The van der Waals surface area contributed by atoms with Gasteiger partial charge in [0.05, 0.1) is 34.7 Å². The van der Waals surface area contributed by atoms with Crippen LogP contribution >= 0.6 is 0 Å². The maximum absolute atomic E-state index is 13.8. The summed E-state index contributed by atoms with van der Waals surface area (Å²) in [5, 5.41) is 59.1. The number of rotatable bonds is 5. The fraction of sp³-hybridized carbons (Fsp3) is 0.606. The van der Waals surface area contributed by atoms with E-state index in [1.807, 2.05) is 0 Å². The average molecular weight is 695 g/mol. The molecule has 2 amide bonds. The van der Waals surface area contributed by atoms with Crippen LogP contribution in [0.3, 0.4) is 0 Å². The fourth-order valence-corrected chi connectivity index (χ4v) is 7.26. The van der Waals surface area contributed by atoms with Crippen molar-refractivity contribution >= 4 is 33.5 Å². The van der Waals surface area contributed by atoms with E-state index in [0.29, 0.717) is 0 Å². The minimum atomic E-state index is -3.98. The number of nitrogens with zero attached hydrogens (tertiary/aromatic N) is 2. The van der Waals surface area contributed by atoms with Crippen molar-refractivity contribution in [2.24, 2.45) is 17.8 Å². The van der Waals surface area contributed by atoms with Gasteiger partial charge in [-0.15, -0.1) is 0 Å². The van der Waals surface area contributed by atoms with Gasteiger partial charge in [-0.05, 0) is 82.9 Å². The first-order chi connectivity index (χ1) is 22.2. The number of esters is 1. The molecule has 1 fully saturated rings. The molecule has 0 unspecified atom stereocenters. The van der Waals surface area contributed by atoms with Gasteiger partial charge in [-0.3, -0.25) is 9.52 Å². The number of sulfonamides is 1. The van der Waals surface area contributed by atoms with Crippen LogP contribution in [0.4, 0.5) is 16.3 Å². The Kier molecular flexibility index (Phi) is 12.6. The third-order valence-electron chi connectivity index (χ3n) is 9.24. The number of amides is 2. The topological polar surface area (TPSA) is 219 Å². The highest BCUT2D eigenvalue weighted by atomic mass is 32.2. The Labute approximate surface area is 282 Å². The molecule has 1 aromatic heterocycles. The molecule has 1 aliphatic heterocycles. The van der Waals surface area contributed by atoms with Crippen LogP contribution in [0, 0.1) is 17.8 Å². The number of aliphatic hydroxyl groups is 5. The van der Waals surface area contributed by atoms with Gasteiger partial charge in [-0.25, -0.2) is 18.2 Å². The number of cyclic esters (lactones) is 1. The zero-order valence-electron chi connectivity index (χ0n) is 28.4. The van der Waals surface area contributed by atoms with Gasteiger partial charge in [0.1, 0.15) is 23.6 Å². The molecule has 0 spiro atoms. The highest BCUT2D eigenvalue weighted by molar-refractivity contribution is 7.92.